The van der Waals surface area contributed by atoms with Crippen molar-refractivity contribution in [1.29, 1.82) is 0 Å². The molecule has 88 valence electrons. The third-order valence-corrected chi connectivity index (χ3v) is 2.53. The Morgan fingerprint density at radius 2 is 2.12 bits per heavy atom. The molecule has 3 N–H and O–H groups in total. The first-order valence-corrected chi connectivity index (χ1v) is 5.23. The Labute approximate surface area is 98.5 Å². The maximum Gasteiger partial charge on any atom is 0.354 e. The van der Waals surface area contributed by atoms with Gasteiger partial charge in [0, 0.05) is 6.42 Å². The highest BCUT2D eigenvalue weighted by atomic mass is 16.4. The normalized spacial score (nSPS) is 12.3. The number of carboxylic acids is 1. The summed E-state index contributed by atoms with van der Waals surface area (Å²) < 4.78 is 1.47. The molecule has 0 aliphatic rings. The number of nitrogens with two attached hydrogens (primary N) is 1. The van der Waals surface area contributed by atoms with Crippen LogP contribution in [0.1, 0.15) is 22.2 Å². The summed E-state index contributed by atoms with van der Waals surface area (Å²) in [6.07, 6.45) is 2.88. The van der Waals surface area contributed by atoms with E-state index in [0.717, 1.165) is 5.56 Å². The summed E-state index contributed by atoms with van der Waals surface area (Å²) in [6, 6.07) is 9.69. The summed E-state index contributed by atoms with van der Waals surface area (Å²) in [5.74, 6) is -1.02. The van der Waals surface area contributed by atoms with E-state index in [1.54, 1.807) is 0 Å². The van der Waals surface area contributed by atoms with Gasteiger partial charge in [-0.1, -0.05) is 30.3 Å². The van der Waals surface area contributed by atoms with Crippen LogP contribution in [-0.4, -0.2) is 20.6 Å². The third-order valence-electron chi connectivity index (χ3n) is 2.53. The summed E-state index contributed by atoms with van der Waals surface area (Å²) in [7, 11) is 0. The van der Waals surface area contributed by atoms with Gasteiger partial charge < -0.3 is 15.4 Å². The molecule has 0 aliphatic heterocycles. The highest BCUT2D eigenvalue weighted by Gasteiger charge is 2.15. The fourth-order valence-corrected chi connectivity index (χ4v) is 1.69. The zero-order chi connectivity index (χ0) is 12.3. The molecule has 0 bridgehead atoms. The lowest BCUT2D eigenvalue weighted by molar-refractivity contribution is 0.0682. The second-order valence-electron chi connectivity index (χ2n) is 3.75. The van der Waals surface area contributed by atoms with Crippen molar-refractivity contribution in [2.24, 2.45) is 5.73 Å². The minimum absolute atomic E-state index is 0.105. The van der Waals surface area contributed by atoms with Gasteiger partial charge in [0.25, 0.3) is 0 Å². The minimum atomic E-state index is -1.02. The van der Waals surface area contributed by atoms with E-state index in [-0.39, 0.29) is 5.69 Å². The van der Waals surface area contributed by atoms with Gasteiger partial charge in [-0.05, 0) is 5.56 Å². The predicted octanol–water partition coefficient (Wildman–Crippen LogP) is 1.28. The predicted molar refractivity (Wildman–Crippen MR) is 62.6 cm³/mol. The number of rotatable bonds is 4. The van der Waals surface area contributed by atoms with Gasteiger partial charge >= 0.3 is 5.97 Å². The number of hydrogen-bond acceptors (Lipinski definition) is 3. The number of hydrogen-bond donors (Lipinski definition) is 2. The van der Waals surface area contributed by atoms with E-state index < -0.39 is 12.1 Å². The van der Waals surface area contributed by atoms with E-state index in [1.165, 1.54) is 17.1 Å². The van der Waals surface area contributed by atoms with E-state index in [0.29, 0.717) is 6.42 Å². The van der Waals surface area contributed by atoms with E-state index in [1.807, 2.05) is 30.3 Å². The maximum absolute atomic E-state index is 10.9. The molecule has 0 amide bonds. The van der Waals surface area contributed by atoms with E-state index in [9.17, 15) is 4.79 Å². The molecule has 1 heterocycles. The SMILES string of the molecule is NC(Cc1ccccc1)n1cncc1C(=O)O. The number of aromatic carboxylic acids is 1. The molecule has 2 aromatic rings. The molecule has 0 spiro atoms. The lowest BCUT2D eigenvalue weighted by atomic mass is 10.1. The van der Waals surface area contributed by atoms with Crippen LogP contribution < -0.4 is 5.73 Å². The maximum atomic E-state index is 10.9. The van der Waals surface area contributed by atoms with Gasteiger partial charge in [0.05, 0.1) is 18.7 Å². The Hall–Kier alpha value is -2.14. The highest BCUT2D eigenvalue weighted by Crippen LogP contribution is 2.11. The monoisotopic (exact) mass is 231 g/mol. The van der Waals surface area contributed by atoms with Crippen molar-refractivity contribution in [2.45, 2.75) is 12.6 Å². The van der Waals surface area contributed by atoms with Gasteiger partial charge in [0.15, 0.2) is 0 Å². The van der Waals surface area contributed by atoms with Gasteiger partial charge in [-0.3, -0.25) is 0 Å². The topological polar surface area (TPSA) is 81.1 Å². The van der Waals surface area contributed by atoms with Crippen LogP contribution in [0.4, 0.5) is 0 Å². The summed E-state index contributed by atoms with van der Waals surface area (Å²) in [5, 5.41) is 8.95. The molecule has 0 fully saturated rings. The molecule has 1 atom stereocenters. The van der Waals surface area contributed by atoms with Crippen molar-refractivity contribution in [3.8, 4) is 0 Å². The Balaban J connectivity index is 2.17. The number of nitrogens with zero attached hydrogens (tertiary/aromatic N) is 2. The molecule has 0 saturated carbocycles. The van der Waals surface area contributed by atoms with Gasteiger partial charge in [-0.25, -0.2) is 9.78 Å². The van der Waals surface area contributed by atoms with Crippen molar-refractivity contribution in [3.63, 3.8) is 0 Å². The van der Waals surface area contributed by atoms with Gasteiger partial charge in [0.2, 0.25) is 0 Å². The summed E-state index contributed by atoms with van der Waals surface area (Å²) >= 11 is 0. The largest absolute Gasteiger partial charge is 0.477 e. The van der Waals surface area contributed by atoms with Crippen LogP contribution in [0.2, 0.25) is 0 Å². The van der Waals surface area contributed by atoms with Crippen LogP contribution in [0.5, 0.6) is 0 Å². The quantitative estimate of drug-likeness (QED) is 0.830. The Morgan fingerprint density at radius 3 is 2.76 bits per heavy atom. The molecular weight excluding hydrogens is 218 g/mol. The fraction of sp³-hybridized carbons (Fsp3) is 0.167. The van der Waals surface area contributed by atoms with Crippen LogP contribution in [-0.2, 0) is 6.42 Å². The Kier molecular flexibility index (Phi) is 3.20. The molecule has 2 rings (SSSR count). The number of carbonyl (C=O) groups is 1. The van der Waals surface area contributed by atoms with Crippen molar-refractivity contribution in [1.82, 2.24) is 9.55 Å². The second kappa shape index (κ2) is 4.80. The first kappa shape index (κ1) is 11.3. The van der Waals surface area contributed by atoms with Gasteiger partial charge in [-0.15, -0.1) is 0 Å². The molecule has 0 aliphatic carbocycles. The third kappa shape index (κ3) is 2.51. The molecule has 1 aromatic heterocycles. The molecule has 5 heteroatoms. The standard InChI is InChI=1S/C12H13N3O2/c13-11(6-9-4-2-1-3-5-9)15-8-14-7-10(15)12(16)17/h1-5,7-8,11H,6,13H2,(H,16,17). The zero-order valence-corrected chi connectivity index (χ0v) is 9.15. The minimum Gasteiger partial charge on any atom is -0.477 e. The average Bonchev–Trinajstić information content (AvgIpc) is 2.79. The second-order valence-corrected chi connectivity index (χ2v) is 3.75. The molecule has 17 heavy (non-hydrogen) atoms. The average molecular weight is 231 g/mol. The van der Waals surface area contributed by atoms with E-state index in [4.69, 9.17) is 10.8 Å². The summed E-state index contributed by atoms with van der Waals surface area (Å²) in [6.45, 7) is 0. The Bertz CT molecular complexity index is 507. The Morgan fingerprint density at radius 1 is 1.41 bits per heavy atom. The lowest BCUT2D eigenvalue weighted by Crippen LogP contribution is -2.23. The van der Waals surface area contributed by atoms with Crippen LogP contribution in [0.25, 0.3) is 0 Å². The first-order valence-electron chi connectivity index (χ1n) is 5.23. The molecule has 1 aromatic carbocycles. The van der Waals surface area contributed by atoms with Crippen molar-refractivity contribution < 1.29 is 9.90 Å². The van der Waals surface area contributed by atoms with Crippen LogP contribution in [0.3, 0.4) is 0 Å². The highest BCUT2D eigenvalue weighted by molar-refractivity contribution is 5.85. The van der Waals surface area contributed by atoms with Crippen LogP contribution in [0.15, 0.2) is 42.9 Å². The summed E-state index contributed by atoms with van der Waals surface area (Å²) in [5.41, 5.74) is 7.13. The van der Waals surface area contributed by atoms with Crippen molar-refractivity contribution in [2.75, 3.05) is 0 Å². The van der Waals surface area contributed by atoms with Crippen LogP contribution in [0, 0.1) is 0 Å². The smallest absolute Gasteiger partial charge is 0.354 e. The number of aromatic nitrogens is 2. The molecular formula is C12H13N3O2. The number of benzene rings is 1. The lowest BCUT2D eigenvalue weighted by Gasteiger charge is -2.14. The van der Waals surface area contributed by atoms with Crippen molar-refractivity contribution >= 4 is 5.97 Å². The van der Waals surface area contributed by atoms with Crippen molar-refractivity contribution in [3.05, 3.63) is 54.1 Å². The van der Waals surface area contributed by atoms with Crippen LogP contribution >= 0.6 is 0 Å². The van der Waals surface area contributed by atoms with Gasteiger partial charge in [-0.2, -0.15) is 0 Å². The zero-order valence-electron chi connectivity index (χ0n) is 9.15. The molecule has 0 radical (unpaired) electrons. The van der Waals surface area contributed by atoms with Gasteiger partial charge in [0.1, 0.15) is 5.69 Å². The van der Waals surface area contributed by atoms with E-state index >= 15 is 0 Å². The molecule has 0 saturated heterocycles. The first-order chi connectivity index (χ1) is 8.18. The number of carboxylic acid groups (broad SMARTS) is 1. The molecule has 1 unspecified atom stereocenters. The number of imidazole rings is 1. The fourth-order valence-electron chi connectivity index (χ4n) is 1.69. The summed E-state index contributed by atoms with van der Waals surface area (Å²) in [4.78, 5) is 14.7. The van der Waals surface area contributed by atoms with E-state index in [2.05, 4.69) is 4.98 Å². The molecule has 5 nitrogen and oxygen atoms in total.